The van der Waals surface area contributed by atoms with Crippen LogP contribution in [0.1, 0.15) is 54.0 Å². The lowest BCUT2D eigenvalue weighted by Crippen LogP contribution is -2.20. The molecule has 5 heteroatoms. The summed E-state index contributed by atoms with van der Waals surface area (Å²) in [5.41, 5.74) is 1.64. The predicted octanol–water partition coefficient (Wildman–Crippen LogP) is 4.06. The highest BCUT2D eigenvalue weighted by Gasteiger charge is 2.17. The van der Waals surface area contributed by atoms with Crippen molar-refractivity contribution in [1.29, 1.82) is 0 Å². The van der Waals surface area contributed by atoms with Gasteiger partial charge in [-0.05, 0) is 44.7 Å². The fraction of sp³-hybridized carbons (Fsp3) is 0.421. The van der Waals surface area contributed by atoms with Crippen molar-refractivity contribution in [3.63, 3.8) is 0 Å². The molecular weight excluding hydrogens is 307 g/mol. The van der Waals surface area contributed by atoms with Gasteiger partial charge in [-0.3, -0.25) is 9.78 Å². The maximum absolute atomic E-state index is 12.9. The van der Waals surface area contributed by atoms with Gasteiger partial charge in [-0.15, -0.1) is 0 Å². The Kier molecular flexibility index (Phi) is 5.18. The van der Waals surface area contributed by atoms with Crippen LogP contribution in [0.2, 0.25) is 0 Å². The predicted molar refractivity (Wildman–Crippen MR) is 88.7 cm³/mol. The van der Waals surface area contributed by atoms with Gasteiger partial charge in [0.2, 0.25) is 0 Å². The van der Waals surface area contributed by atoms with Crippen molar-refractivity contribution >= 4 is 5.78 Å². The molecule has 0 saturated heterocycles. The van der Waals surface area contributed by atoms with E-state index in [2.05, 4.69) is 9.97 Å². The fourth-order valence-corrected chi connectivity index (χ4v) is 2.99. The number of aryl methyl sites for hydroxylation is 1. The van der Waals surface area contributed by atoms with Crippen LogP contribution in [0.15, 0.2) is 30.5 Å². The topological polar surface area (TPSA) is 52.1 Å². The van der Waals surface area contributed by atoms with Crippen LogP contribution in [0.4, 0.5) is 4.39 Å². The number of Topliss-reactive ketones (excluding diaryl/α,β-unsaturated/α-hetero) is 1. The maximum atomic E-state index is 12.9. The van der Waals surface area contributed by atoms with Gasteiger partial charge in [0.25, 0.3) is 0 Å². The minimum absolute atomic E-state index is 0.0968. The van der Waals surface area contributed by atoms with E-state index in [0.717, 1.165) is 24.7 Å². The van der Waals surface area contributed by atoms with Crippen LogP contribution in [0.25, 0.3) is 0 Å². The molecule has 0 amide bonds. The molecule has 0 N–H and O–H groups in total. The molecule has 0 aliphatic heterocycles. The van der Waals surface area contributed by atoms with E-state index in [1.807, 2.05) is 13.0 Å². The molecule has 4 nitrogen and oxygen atoms in total. The number of aromatic nitrogens is 2. The van der Waals surface area contributed by atoms with Crippen LogP contribution in [0, 0.1) is 12.7 Å². The monoisotopic (exact) mass is 328 g/mol. The van der Waals surface area contributed by atoms with E-state index in [1.165, 1.54) is 31.4 Å². The number of halogens is 1. The molecule has 1 saturated carbocycles. The molecule has 3 rings (SSSR count). The number of hydrogen-bond donors (Lipinski definition) is 0. The SMILES string of the molecule is Cc1cc(OC2CCCCC2)cc(C(=O)Cc2ccc(F)cn2)n1. The average Bonchev–Trinajstić information content (AvgIpc) is 2.57. The smallest absolute Gasteiger partial charge is 0.187 e. The summed E-state index contributed by atoms with van der Waals surface area (Å²) in [5, 5.41) is 0. The van der Waals surface area contributed by atoms with Crippen molar-refractivity contribution in [2.75, 3.05) is 0 Å². The maximum Gasteiger partial charge on any atom is 0.187 e. The van der Waals surface area contributed by atoms with E-state index >= 15 is 0 Å². The van der Waals surface area contributed by atoms with Gasteiger partial charge in [0.15, 0.2) is 5.78 Å². The summed E-state index contributed by atoms with van der Waals surface area (Å²) >= 11 is 0. The molecule has 2 aromatic rings. The van der Waals surface area contributed by atoms with Gasteiger partial charge in [0.1, 0.15) is 17.3 Å². The summed E-state index contributed by atoms with van der Waals surface area (Å²) in [7, 11) is 0. The van der Waals surface area contributed by atoms with Crippen molar-refractivity contribution in [2.45, 2.75) is 51.6 Å². The Balaban J connectivity index is 1.72. The van der Waals surface area contributed by atoms with Crippen molar-refractivity contribution in [3.8, 4) is 5.75 Å². The summed E-state index contributed by atoms with van der Waals surface area (Å²) in [6, 6.07) is 6.38. The molecule has 0 bridgehead atoms. The Labute approximate surface area is 141 Å². The number of pyridine rings is 2. The number of ketones is 1. The van der Waals surface area contributed by atoms with Crippen molar-refractivity contribution < 1.29 is 13.9 Å². The van der Waals surface area contributed by atoms with E-state index in [9.17, 15) is 9.18 Å². The number of carbonyl (C=O) groups excluding carboxylic acids is 1. The minimum Gasteiger partial charge on any atom is -0.490 e. The fourth-order valence-electron chi connectivity index (χ4n) is 2.99. The lowest BCUT2D eigenvalue weighted by molar-refractivity contribution is 0.0985. The zero-order chi connectivity index (χ0) is 16.9. The Morgan fingerprint density at radius 2 is 2.04 bits per heavy atom. The van der Waals surface area contributed by atoms with Gasteiger partial charge >= 0.3 is 0 Å². The van der Waals surface area contributed by atoms with Crippen molar-refractivity contribution in [2.24, 2.45) is 0 Å². The zero-order valence-electron chi connectivity index (χ0n) is 13.8. The standard InChI is InChI=1S/C19H21FN2O2/c1-13-9-17(24-16-5-3-2-4-6-16)11-18(22-13)19(23)10-15-8-7-14(20)12-21-15/h7-9,11-12,16H,2-6,10H2,1H3. The first-order chi connectivity index (χ1) is 11.6. The summed E-state index contributed by atoms with van der Waals surface area (Å²) in [4.78, 5) is 20.7. The third kappa shape index (κ3) is 4.37. The van der Waals surface area contributed by atoms with Crippen LogP contribution in [0.5, 0.6) is 5.75 Å². The van der Waals surface area contributed by atoms with Gasteiger partial charge < -0.3 is 4.74 Å². The van der Waals surface area contributed by atoms with E-state index in [1.54, 1.807) is 6.07 Å². The molecule has 2 heterocycles. The number of nitrogens with zero attached hydrogens (tertiary/aromatic N) is 2. The average molecular weight is 328 g/mol. The Morgan fingerprint density at radius 1 is 1.25 bits per heavy atom. The van der Waals surface area contributed by atoms with Crippen LogP contribution in [0.3, 0.4) is 0 Å². The molecule has 0 unspecified atom stereocenters. The summed E-state index contributed by atoms with van der Waals surface area (Å²) in [6.07, 6.45) is 7.21. The number of rotatable bonds is 5. The second-order valence-corrected chi connectivity index (χ2v) is 6.28. The van der Waals surface area contributed by atoms with Crippen molar-refractivity contribution in [3.05, 3.63) is 53.4 Å². The highest BCUT2D eigenvalue weighted by atomic mass is 19.1. The number of carbonyl (C=O) groups is 1. The number of hydrogen-bond acceptors (Lipinski definition) is 4. The third-order valence-electron chi connectivity index (χ3n) is 4.20. The first-order valence-corrected chi connectivity index (χ1v) is 8.39. The van der Waals surface area contributed by atoms with E-state index in [0.29, 0.717) is 17.1 Å². The normalized spacial score (nSPS) is 15.2. The van der Waals surface area contributed by atoms with Gasteiger partial charge in [-0.2, -0.15) is 0 Å². The quantitative estimate of drug-likeness (QED) is 0.777. The first-order valence-electron chi connectivity index (χ1n) is 8.39. The second-order valence-electron chi connectivity index (χ2n) is 6.28. The van der Waals surface area contributed by atoms with E-state index < -0.39 is 5.82 Å². The molecule has 2 aromatic heterocycles. The Hall–Kier alpha value is -2.30. The van der Waals surface area contributed by atoms with Gasteiger partial charge in [0, 0.05) is 23.5 Å². The number of ether oxygens (including phenoxy) is 1. The summed E-state index contributed by atoms with van der Waals surface area (Å²) in [5.74, 6) is 0.138. The van der Waals surface area contributed by atoms with E-state index in [4.69, 9.17) is 4.74 Å². The molecule has 0 aromatic carbocycles. The molecule has 0 spiro atoms. The largest absolute Gasteiger partial charge is 0.490 e. The summed E-state index contributed by atoms with van der Waals surface area (Å²) < 4.78 is 18.9. The molecule has 24 heavy (non-hydrogen) atoms. The lowest BCUT2D eigenvalue weighted by atomic mass is 9.98. The first kappa shape index (κ1) is 16.6. The van der Waals surface area contributed by atoms with Gasteiger partial charge in [-0.25, -0.2) is 9.37 Å². The molecule has 1 aliphatic rings. The van der Waals surface area contributed by atoms with Crippen molar-refractivity contribution in [1.82, 2.24) is 9.97 Å². The Morgan fingerprint density at radius 3 is 2.75 bits per heavy atom. The second kappa shape index (κ2) is 7.51. The van der Waals surface area contributed by atoms with Gasteiger partial charge in [0.05, 0.1) is 18.7 Å². The summed E-state index contributed by atoms with van der Waals surface area (Å²) in [6.45, 7) is 1.85. The molecular formula is C19H21FN2O2. The van der Waals surface area contributed by atoms with Crippen LogP contribution in [-0.4, -0.2) is 21.9 Å². The highest BCUT2D eigenvalue weighted by Crippen LogP contribution is 2.24. The molecule has 0 radical (unpaired) electrons. The Bertz CT molecular complexity index is 710. The minimum atomic E-state index is -0.414. The molecule has 126 valence electrons. The molecule has 1 fully saturated rings. The zero-order valence-corrected chi connectivity index (χ0v) is 13.8. The molecule has 1 aliphatic carbocycles. The van der Waals surface area contributed by atoms with Crippen LogP contribution < -0.4 is 4.74 Å². The van der Waals surface area contributed by atoms with Crippen LogP contribution >= 0.6 is 0 Å². The van der Waals surface area contributed by atoms with Gasteiger partial charge in [-0.1, -0.05) is 6.42 Å². The van der Waals surface area contributed by atoms with Crippen LogP contribution in [-0.2, 0) is 6.42 Å². The highest BCUT2D eigenvalue weighted by molar-refractivity contribution is 5.95. The third-order valence-corrected chi connectivity index (χ3v) is 4.20. The molecule has 0 atom stereocenters. The van der Waals surface area contributed by atoms with E-state index in [-0.39, 0.29) is 18.3 Å². The lowest BCUT2D eigenvalue weighted by Gasteiger charge is -2.23.